The number of hydrogen-bond donors (Lipinski definition) is 1. The van der Waals surface area contributed by atoms with Crippen molar-refractivity contribution in [2.75, 3.05) is 11.9 Å². The molecule has 14 heavy (non-hydrogen) atoms. The summed E-state index contributed by atoms with van der Waals surface area (Å²) in [6.07, 6.45) is 2.53. The first kappa shape index (κ1) is 10.5. The lowest BCUT2D eigenvalue weighted by atomic mass is 10.2. The van der Waals surface area contributed by atoms with Crippen molar-refractivity contribution in [3.05, 3.63) is 17.8 Å². The van der Waals surface area contributed by atoms with E-state index in [0.29, 0.717) is 13.0 Å². The highest BCUT2D eigenvalue weighted by Crippen LogP contribution is 2.03. The van der Waals surface area contributed by atoms with Gasteiger partial charge in [0, 0.05) is 6.54 Å². The van der Waals surface area contributed by atoms with Crippen LogP contribution < -0.4 is 5.32 Å². The van der Waals surface area contributed by atoms with E-state index in [1.165, 1.54) is 0 Å². The van der Waals surface area contributed by atoms with Crippen molar-refractivity contribution >= 4 is 5.82 Å². The molecule has 1 rings (SSSR count). The molecule has 74 valence electrons. The Balaban J connectivity index is 2.43. The third-order valence-electron chi connectivity index (χ3n) is 1.77. The van der Waals surface area contributed by atoms with Gasteiger partial charge in [-0.05, 0) is 18.6 Å². The van der Waals surface area contributed by atoms with Gasteiger partial charge in [-0.3, -0.25) is 0 Å². The summed E-state index contributed by atoms with van der Waals surface area (Å²) in [6.45, 7) is 2.74. The molecule has 0 radical (unpaired) electrons. The van der Waals surface area contributed by atoms with E-state index in [4.69, 9.17) is 5.26 Å². The molecule has 0 amide bonds. The first-order chi connectivity index (χ1) is 6.86. The molecule has 0 saturated heterocycles. The summed E-state index contributed by atoms with van der Waals surface area (Å²) in [6, 6.07) is 5.92. The minimum atomic E-state index is 0.485. The molecule has 0 atom stereocenters. The molecule has 0 unspecified atom stereocenters. The predicted octanol–water partition coefficient (Wildman–Crippen LogP) is 1.75. The summed E-state index contributed by atoms with van der Waals surface area (Å²) in [5.74, 6) is 0.736. The minimum Gasteiger partial charge on any atom is -0.368 e. The van der Waals surface area contributed by atoms with Crippen LogP contribution in [0.2, 0.25) is 0 Å². The van der Waals surface area contributed by atoms with Gasteiger partial charge in [-0.2, -0.15) is 10.4 Å². The lowest BCUT2D eigenvalue weighted by Crippen LogP contribution is -2.04. The zero-order valence-corrected chi connectivity index (χ0v) is 8.32. The first-order valence-corrected chi connectivity index (χ1v) is 4.80. The third kappa shape index (κ3) is 3.40. The second-order valence-electron chi connectivity index (χ2n) is 2.99. The quantitative estimate of drug-likeness (QED) is 0.718. The Morgan fingerprint density at radius 3 is 2.86 bits per heavy atom. The fraction of sp³-hybridized carbons (Fsp3) is 0.500. The van der Waals surface area contributed by atoms with Crippen LogP contribution in [0.3, 0.4) is 0 Å². The molecule has 0 saturated carbocycles. The van der Waals surface area contributed by atoms with E-state index in [9.17, 15) is 0 Å². The molecule has 1 aromatic rings. The fourth-order valence-corrected chi connectivity index (χ4v) is 1.09. The van der Waals surface area contributed by atoms with E-state index in [-0.39, 0.29) is 0 Å². The molecule has 1 heterocycles. The lowest BCUT2D eigenvalue weighted by molar-refractivity contribution is 0.837. The summed E-state index contributed by atoms with van der Waals surface area (Å²) >= 11 is 0. The molecule has 0 aliphatic rings. The van der Waals surface area contributed by atoms with Gasteiger partial charge in [0.05, 0.1) is 18.2 Å². The van der Waals surface area contributed by atoms with Crippen molar-refractivity contribution in [1.29, 1.82) is 5.26 Å². The lowest BCUT2D eigenvalue weighted by Gasteiger charge is -2.02. The van der Waals surface area contributed by atoms with Gasteiger partial charge < -0.3 is 5.32 Å². The van der Waals surface area contributed by atoms with Crippen LogP contribution in [0.1, 0.15) is 25.5 Å². The number of rotatable bonds is 5. The fourth-order valence-electron chi connectivity index (χ4n) is 1.09. The predicted molar refractivity (Wildman–Crippen MR) is 54.7 cm³/mol. The highest BCUT2D eigenvalue weighted by molar-refractivity contribution is 5.32. The number of nitrogens with zero attached hydrogens (tertiary/aromatic N) is 3. The van der Waals surface area contributed by atoms with Crippen molar-refractivity contribution in [3.8, 4) is 6.07 Å². The molecule has 1 aromatic heterocycles. The van der Waals surface area contributed by atoms with Gasteiger partial charge in [-0.15, -0.1) is 5.10 Å². The number of anilines is 1. The number of aryl methyl sites for hydroxylation is 1. The number of nitriles is 1. The van der Waals surface area contributed by atoms with E-state index in [1.54, 1.807) is 0 Å². The van der Waals surface area contributed by atoms with E-state index >= 15 is 0 Å². The summed E-state index contributed by atoms with van der Waals surface area (Å²) in [5, 5.41) is 19.4. The Labute approximate surface area is 84.0 Å². The average Bonchev–Trinajstić information content (AvgIpc) is 2.21. The highest BCUT2D eigenvalue weighted by atomic mass is 15.2. The monoisotopic (exact) mass is 190 g/mol. The molecule has 0 spiro atoms. The molecular weight excluding hydrogens is 176 g/mol. The summed E-state index contributed by atoms with van der Waals surface area (Å²) in [4.78, 5) is 0. The van der Waals surface area contributed by atoms with Crippen LogP contribution in [0, 0.1) is 11.3 Å². The molecule has 0 fully saturated rings. The maximum absolute atomic E-state index is 8.33. The van der Waals surface area contributed by atoms with Crippen molar-refractivity contribution in [2.24, 2.45) is 0 Å². The highest BCUT2D eigenvalue weighted by Gasteiger charge is 1.95. The van der Waals surface area contributed by atoms with E-state index in [0.717, 1.165) is 24.4 Å². The molecular formula is C10H14N4. The van der Waals surface area contributed by atoms with Crippen LogP contribution in [-0.2, 0) is 6.42 Å². The Morgan fingerprint density at radius 2 is 2.29 bits per heavy atom. The van der Waals surface area contributed by atoms with Crippen molar-refractivity contribution in [2.45, 2.75) is 26.2 Å². The van der Waals surface area contributed by atoms with Gasteiger partial charge in [0.1, 0.15) is 5.82 Å². The summed E-state index contributed by atoms with van der Waals surface area (Å²) < 4.78 is 0. The van der Waals surface area contributed by atoms with Gasteiger partial charge in [-0.25, -0.2) is 0 Å². The Bertz CT molecular complexity index is 299. The molecule has 1 N–H and O–H groups in total. The minimum absolute atomic E-state index is 0.485. The standard InChI is InChI=1S/C10H14N4/c1-2-4-9-5-6-10(14-13-9)12-8-3-7-11/h5-6H,2-4,8H2,1H3,(H,12,14). The Hall–Kier alpha value is -1.63. The largest absolute Gasteiger partial charge is 0.368 e. The molecule has 0 aromatic carbocycles. The molecule has 4 heteroatoms. The Morgan fingerprint density at radius 1 is 1.43 bits per heavy atom. The van der Waals surface area contributed by atoms with E-state index < -0.39 is 0 Å². The molecule has 4 nitrogen and oxygen atoms in total. The van der Waals surface area contributed by atoms with Crippen LogP contribution in [0.25, 0.3) is 0 Å². The topological polar surface area (TPSA) is 61.6 Å². The van der Waals surface area contributed by atoms with Gasteiger partial charge in [0.25, 0.3) is 0 Å². The zero-order valence-electron chi connectivity index (χ0n) is 8.32. The molecule has 0 bridgehead atoms. The summed E-state index contributed by atoms with van der Waals surface area (Å²) in [5.41, 5.74) is 1.01. The van der Waals surface area contributed by atoms with Gasteiger partial charge in [-0.1, -0.05) is 13.3 Å². The van der Waals surface area contributed by atoms with Crippen LogP contribution in [0.15, 0.2) is 12.1 Å². The van der Waals surface area contributed by atoms with Crippen LogP contribution in [0.4, 0.5) is 5.82 Å². The van der Waals surface area contributed by atoms with E-state index in [1.807, 2.05) is 12.1 Å². The maximum Gasteiger partial charge on any atom is 0.148 e. The van der Waals surface area contributed by atoms with E-state index in [2.05, 4.69) is 28.5 Å². The number of aromatic nitrogens is 2. The van der Waals surface area contributed by atoms with Gasteiger partial charge >= 0.3 is 0 Å². The average molecular weight is 190 g/mol. The van der Waals surface area contributed by atoms with Crippen molar-refractivity contribution in [1.82, 2.24) is 10.2 Å². The number of nitrogens with one attached hydrogen (secondary N) is 1. The normalized spacial score (nSPS) is 9.43. The molecule has 0 aliphatic heterocycles. The second kappa shape index (κ2) is 5.92. The summed E-state index contributed by atoms with van der Waals surface area (Å²) in [7, 11) is 0. The first-order valence-electron chi connectivity index (χ1n) is 4.80. The third-order valence-corrected chi connectivity index (χ3v) is 1.77. The second-order valence-corrected chi connectivity index (χ2v) is 2.99. The number of hydrogen-bond acceptors (Lipinski definition) is 4. The van der Waals surface area contributed by atoms with Crippen LogP contribution >= 0.6 is 0 Å². The van der Waals surface area contributed by atoms with Crippen LogP contribution in [-0.4, -0.2) is 16.7 Å². The Kier molecular flexibility index (Phi) is 4.42. The maximum atomic E-state index is 8.33. The SMILES string of the molecule is CCCc1ccc(NCCC#N)nn1. The van der Waals surface area contributed by atoms with Gasteiger partial charge in [0.2, 0.25) is 0 Å². The smallest absolute Gasteiger partial charge is 0.148 e. The van der Waals surface area contributed by atoms with Gasteiger partial charge in [0.15, 0.2) is 0 Å². The molecule has 0 aliphatic carbocycles. The van der Waals surface area contributed by atoms with Crippen molar-refractivity contribution in [3.63, 3.8) is 0 Å². The van der Waals surface area contributed by atoms with Crippen LogP contribution in [0.5, 0.6) is 0 Å². The van der Waals surface area contributed by atoms with Crippen molar-refractivity contribution < 1.29 is 0 Å². The zero-order chi connectivity index (χ0) is 10.2.